The third-order valence-electron chi connectivity index (χ3n) is 3.94. The number of hydrogen-bond acceptors (Lipinski definition) is 2. The molecule has 21 heavy (non-hydrogen) atoms. The molecule has 0 unspecified atom stereocenters. The van der Waals surface area contributed by atoms with Crippen molar-refractivity contribution in [1.82, 2.24) is 4.90 Å². The summed E-state index contributed by atoms with van der Waals surface area (Å²) < 4.78 is 13.4. The smallest absolute Gasteiger partial charge is 0.255 e. The van der Waals surface area contributed by atoms with Gasteiger partial charge < -0.3 is 10.0 Å². The van der Waals surface area contributed by atoms with Crippen LogP contribution in [0.3, 0.4) is 0 Å². The van der Waals surface area contributed by atoms with E-state index >= 15 is 0 Å². The van der Waals surface area contributed by atoms with Crippen LogP contribution in [0.15, 0.2) is 18.2 Å². The van der Waals surface area contributed by atoms with Crippen molar-refractivity contribution in [3.63, 3.8) is 0 Å². The molecule has 1 aromatic rings. The molecular formula is C17H20FNO2. The highest BCUT2D eigenvalue weighted by Crippen LogP contribution is 2.25. The van der Waals surface area contributed by atoms with Crippen LogP contribution in [0.25, 0.3) is 0 Å². The first-order valence-corrected chi connectivity index (χ1v) is 7.26. The monoisotopic (exact) mass is 289 g/mol. The molecule has 0 aliphatic carbocycles. The summed E-state index contributed by atoms with van der Waals surface area (Å²) in [4.78, 5) is 14.7. The molecule has 1 amide bonds. The van der Waals surface area contributed by atoms with Crippen molar-refractivity contribution in [3.8, 4) is 11.8 Å². The minimum Gasteiger partial charge on any atom is -0.384 e. The summed E-state index contributed by atoms with van der Waals surface area (Å²) >= 11 is 0. The zero-order chi connectivity index (χ0) is 15.4. The SMILES string of the molecule is C[C@@H]1CCC[C@H](C)N1C(=O)c1ccc(F)cc1C#CCO. The Morgan fingerprint density at radius 2 is 2.05 bits per heavy atom. The molecule has 1 saturated heterocycles. The van der Waals surface area contributed by atoms with E-state index in [0.29, 0.717) is 11.1 Å². The lowest BCUT2D eigenvalue weighted by molar-refractivity contribution is 0.0510. The Labute approximate surface area is 124 Å². The average Bonchev–Trinajstić information content (AvgIpc) is 2.44. The number of aliphatic hydroxyl groups is 1. The second kappa shape index (κ2) is 6.73. The molecule has 2 atom stereocenters. The lowest BCUT2D eigenvalue weighted by Crippen LogP contribution is -2.47. The maximum Gasteiger partial charge on any atom is 0.255 e. The Morgan fingerprint density at radius 1 is 1.38 bits per heavy atom. The third kappa shape index (κ3) is 3.43. The molecule has 1 heterocycles. The molecule has 1 fully saturated rings. The molecule has 1 aromatic carbocycles. The fourth-order valence-electron chi connectivity index (χ4n) is 2.90. The van der Waals surface area contributed by atoms with E-state index in [1.807, 2.05) is 18.7 Å². The Kier molecular flexibility index (Phi) is 4.98. The highest BCUT2D eigenvalue weighted by Gasteiger charge is 2.30. The van der Waals surface area contributed by atoms with Crippen LogP contribution in [0.1, 0.15) is 49.0 Å². The van der Waals surface area contributed by atoms with E-state index < -0.39 is 5.82 Å². The highest BCUT2D eigenvalue weighted by atomic mass is 19.1. The standard InChI is InChI=1S/C17H20FNO2/c1-12-5-3-6-13(2)19(12)17(21)16-9-8-15(18)11-14(16)7-4-10-20/h8-9,11-13,20H,3,5-6,10H2,1-2H3/t12-,13+. The topological polar surface area (TPSA) is 40.5 Å². The fourth-order valence-corrected chi connectivity index (χ4v) is 2.90. The van der Waals surface area contributed by atoms with Crippen molar-refractivity contribution >= 4 is 5.91 Å². The Bertz CT molecular complexity index is 578. The number of nitrogens with zero attached hydrogens (tertiary/aromatic N) is 1. The van der Waals surface area contributed by atoms with Crippen molar-refractivity contribution in [2.24, 2.45) is 0 Å². The van der Waals surface area contributed by atoms with Crippen LogP contribution in [0.4, 0.5) is 4.39 Å². The number of benzene rings is 1. The molecule has 0 spiro atoms. The average molecular weight is 289 g/mol. The third-order valence-corrected chi connectivity index (χ3v) is 3.94. The van der Waals surface area contributed by atoms with Gasteiger partial charge in [0.1, 0.15) is 12.4 Å². The van der Waals surface area contributed by atoms with Crippen LogP contribution in [0.5, 0.6) is 0 Å². The summed E-state index contributed by atoms with van der Waals surface area (Å²) in [6.07, 6.45) is 3.08. The van der Waals surface area contributed by atoms with Gasteiger partial charge in [-0.2, -0.15) is 0 Å². The van der Waals surface area contributed by atoms with Gasteiger partial charge in [0, 0.05) is 17.6 Å². The summed E-state index contributed by atoms with van der Waals surface area (Å²) in [7, 11) is 0. The molecule has 3 nitrogen and oxygen atoms in total. The summed E-state index contributed by atoms with van der Waals surface area (Å²) in [6, 6.07) is 4.34. The van der Waals surface area contributed by atoms with E-state index in [4.69, 9.17) is 5.11 Å². The van der Waals surface area contributed by atoms with Crippen molar-refractivity contribution in [3.05, 3.63) is 35.1 Å². The molecule has 2 rings (SSSR count). The summed E-state index contributed by atoms with van der Waals surface area (Å²) in [5.41, 5.74) is 0.733. The number of aliphatic hydroxyl groups excluding tert-OH is 1. The summed E-state index contributed by atoms with van der Waals surface area (Å²) in [6.45, 7) is 3.76. The van der Waals surface area contributed by atoms with E-state index in [1.54, 1.807) is 0 Å². The van der Waals surface area contributed by atoms with Crippen LogP contribution in [0.2, 0.25) is 0 Å². The number of hydrogen-bond donors (Lipinski definition) is 1. The van der Waals surface area contributed by atoms with Crippen LogP contribution < -0.4 is 0 Å². The molecule has 1 aliphatic rings. The predicted octanol–water partition coefficient (Wildman–Crippen LogP) is 2.57. The second-order valence-electron chi connectivity index (χ2n) is 5.49. The van der Waals surface area contributed by atoms with Crippen molar-refractivity contribution in [2.75, 3.05) is 6.61 Å². The van der Waals surface area contributed by atoms with Gasteiger partial charge in [-0.25, -0.2) is 4.39 Å². The number of piperidine rings is 1. The molecule has 1 N–H and O–H groups in total. The van der Waals surface area contributed by atoms with Crippen molar-refractivity contribution in [2.45, 2.75) is 45.2 Å². The molecule has 0 aromatic heterocycles. The number of halogens is 1. The molecule has 0 bridgehead atoms. The molecular weight excluding hydrogens is 269 g/mol. The van der Waals surface area contributed by atoms with Gasteiger partial charge in [0.05, 0.1) is 5.56 Å². The first-order valence-electron chi connectivity index (χ1n) is 7.26. The quantitative estimate of drug-likeness (QED) is 0.807. The second-order valence-corrected chi connectivity index (χ2v) is 5.49. The minimum absolute atomic E-state index is 0.114. The molecule has 0 saturated carbocycles. The van der Waals surface area contributed by atoms with Crippen molar-refractivity contribution < 1.29 is 14.3 Å². The van der Waals surface area contributed by atoms with E-state index in [9.17, 15) is 9.18 Å². The van der Waals surface area contributed by atoms with Crippen LogP contribution >= 0.6 is 0 Å². The number of carbonyl (C=O) groups excluding carboxylic acids is 1. The van der Waals surface area contributed by atoms with Gasteiger partial charge in [-0.1, -0.05) is 11.8 Å². The number of amides is 1. The summed E-state index contributed by atoms with van der Waals surface area (Å²) in [5, 5.41) is 8.80. The van der Waals surface area contributed by atoms with Crippen molar-refractivity contribution in [1.29, 1.82) is 0 Å². The normalized spacial score (nSPS) is 21.6. The number of likely N-dealkylation sites (tertiary alicyclic amines) is 1. The van der Waals surface area contributed by atoms with E-state index in [-0.39, 0.29) is 24.6 Å². The van der Waals surface area contributed by atoms with E-state index in [2.05, 4.69) is 11.8 Å². The minimum atomic E-state index is -0.437. The van der Waals surface area contributed by atoms with Gasteiger partial charge in [-0.15, -0.1) is 0 Å². The number of rotatable bonds is 1. The highest BCUT2D eigenvalue weighted by molar-refractivity contribution is 5.97. The molecule has 4 heteroatoms. The Hall–Kier alpha value is -1.86. The lowest BCUT2D eigenvalue weighted by atomic mass is 9.95. The largest absolute Gasteiger partial charge is 0.384 e. The predicted molar refractivity (Wildman–Crippen MR) is 79.3 cm³/mol. The zero-order valence-electron chi connectivity index (χ0n) is 12.4. The van der Waals surface area contributed by atoms with Gasteiger partial charge in [-0.05, 0) is 51.3 Å². The van der Waals surface area contributed by atoms with Gasteiger partial charge in [0.15, 0.2) is 0 Å². The van der Waals surface area contributed by atoms with E-state index in [1.165, 1.54) is 18.2 Å². The van der Waals surface area contributed by atoms with Gasteiger partial charge in [-0.3, -0.25) is 4.79 Å². The Morgan fingerprint density at radius 3 is 2.67 bits per heavy atom. The summed E-state index contributed by atoms with van der Waals surface area (Å²) in [5.74, 6) is 4.60. The van der Waals surface area contributed by atoms with E-state index in [0.717, 1.165) is 19.3 Å². The molecule has 112 valence electrons. The Balaban J connectivity index is 2.38. The first-order chi connectivity index (χ1) is 10.0. The van der Waals surface area contributed by atoms with Gasteiger partial charge in [0.25, 0.3) is 5.91 Å². The molecule has 1 aliphatic heterocycles. The van der Waals surface area contributed by atoms with Crippen LogP contribution in [-0.4, -0.2) is 34.6 Å². The van der Waals surface area contributed by atoms with Crippen LogP contribution in [-0.2, 0) is 0 Å². The maximum absolute atomic E-state index is 13.4. The number of carbonyl (C=O) groups is 1. The lowest BCUT2D eigenvalue weighted by Gasteiger charge is -2.39. The first kappa shape index (κ1) is 15.5. The maximum atomic E-state index is 13.4. The van der Waals surface area contributed by atoms with Gasteiger partial charge >= 0.3 is 0 Å². The van der Waals surface area contributed by atoms with Gasteiger partial charge in [0.2, 0.25) is 0 Å². The zero-order valence-corrected chi connectivity index (χ0v) is 12.4. The van der Waals surface area contributed by atoms with Crippen LogP contribution in [0, 0.1) is 17.7 Å². The molecule has 0 radical (unpaired) electrons. The fraction of sp³-hybridized carbons (Fsp3) is 0.471.